The van der Waals surface area contributed by atoms with Gasteiger partial charge in [-0.15, -0.1) is 13.2 Å². The molecule has 198 valence electrons. The SMILES string of the molecule is O=C(NC1CC(c2ccc(OC(F)(F)F)cc2)CN(C(=O)Oc2ccc([N+](=O)[O-])cc2)C1)c1ccccc1. The molecule has 3 aromatic rings. The van der Waals surface area contributed by atoms with Crippen LogP contribution >= 0.6 is 0 Å². The molecule has 2 amide bonds. The lowest BCUT2D eigenvalue weighted by Gasteiger charge is -2.37. The van der Waals surface area contributed by atoms with Crippen LogP contribution in [0.5, 0.6) is 11.5 Å². The summed E-state index contributed by atoms with van der Waals surface area (Å²) in [4.78, 5) is 37.4. The Morgan fingerprint density at radius 3 is 2.16 bits per heavy atom. The van der Waals surface area contributed by atoms with E-state index < -0.39 is 23.4 Å². The lowest BCUT2D eigenvalue weighted by Crippen LogP contribution is -2.52. The first-order valence-electron chi connectivity index (χ1n) is 11.5. The molecule has 0 aliphatic carbocycles. The minimum atomic E-state index is -4.82. The van der Waals surface area contributed by atoms with Crippen LogP contribution in [0.1, 0.15) is 28.3 Å². The van der Waals surface area contributed by atoms with Gasteiger partial charge >= 0.3 is 12.5 Å². The minimum Gasteiger partial charge on any atom is -0.410 e. The molecule has 9 nitrogen and oxygen atoms in total. The van der Waals surface area contributed by atoms with E-state index in [0.717, 1.165) is 0 Å². The number of piperidine rings is 1. The Labute approximate surface area is 214 Å². The smallest absolute Gasteiger partial charge is 0.410 e. The molecule has 1 heterocycles. The van der Waals surface area contributed by atoms with Gasteiger partial charge in [-0.05, 0) is 48.4 Å². The third kappa shape index (κ3) is 6.99. The van der Waals surface area contributed by atoms with Crippen LogP contribution < -0.4 is 14.8 Å². The minimum absolute atomic E-state index is 0.0984. The summed E-state index contributed by atoms with van der Waals surface area (Å²) in [5, 5.41) is 13.8. The average molecular weight is 529 g/mol. The van der Waals surface area contributed by atoms with Gasteiger partial charge in [0.1, 0.15) is 11.5 Å². The van der Waals surface area contributed by atoms with Crippen molar-refractivity contribution in [3.05, 3.63) is 100 Å². The largest absolute Gasteiger partial charge is 0.573 e. The Kier molecular flexibility index (Phi) is 7.79. The molecule has 4 rings (SSSR count). The van der Waals surface area contributed by atoms with E-state index in [0.29, 0.717) is 17.5 Å². The summed E-state index contributed by atoms with van der Waals surface area (Å²) in [5.74, 6) is -0.954. The maximum absolute atomic E-state index is 13.0. The van der Waals surface area contributed by atoms with Gasteiger partial charge < -0.3 is 19.7 Å². The van der Waals surface area contributed by atoms with Crippen LogP contribution in [0, 0.1) is 10.1 Å². The highest BCUT2D eigenvalue weighted by Gasteiger charge is 2.34. The zero-order chi connectivity index (χ0) is 27.3. The van der Waals surface area contributed by atoms with E-state index in [1.165, 1.54) is 53.4 Å². The number of halogens is 3. The molecule has 0 radical (unpaired) electrons. The van der Waals surface area contributed by atoms with Crippen LogP contribution in [-0.4, -0.2) is 47.3 Å². The summed E-state index contributed by atoms with van der Waals surface area (Å²) in [6, 6.07) is 18.4. The van der Waals surface area contributed by atoms with E-state index in [1.807, 2.05) is 0 Å². The third-order valence-electron chi connectivity index (χ3n) is 5.92. The quantitative estimate of drug-likeness (QED) is 0.344. The normalized spacial score (nSPS) is 17.4. The van der Waals surface area contributed by atoms with Crippen molar-refractivity contribution >= 4 is 17.7 Å². The van der Waals surface area contributed by atoms with Crippen molar-refractivity contribution in [2.45, 2.75) is 24.7 Å². The Bertz CT molecular complexity index is 1280. The van der Waals surface area contributed by atoms with Gasteiger partial charge in [0, 0.05) is 42.7 Å². The predicted octanol–water partition coefficient (Wildman–Crippen LogP) is 5.28. The Hall–Kier alpha value is -4.61. The first-order chi connectivity index (χ1) is 18.1. The number of likely N-dealkylation sites (tertiary alicyclic amines) is 1. The summed E-state index contributed by atoms with van der Waals surface area (Å²) in [7, 11) is 0. The summed E-state index contributed by atoms with van der Waals surface area (Å²) in [5.41, 5.74) is 0.916. The number of nitro groups is 1. The maximum Gasteiger partial charge on any atom is 0.573 e. The molecule has 0 spiro atoms. The number of amides is 2. The fourth-order valence-corrected chi connectivity index (χ4v) is 4.20. The van der Waals surface area contributed by atoms with Crippen molar-refractivity contribution in [1.29, 1.82) is 0 Å². The second-order valence-electron chi connectivity index (χ2n) is 8.61. The van der Waals surface area contributed by atoms with Gasteiger partial charge in [-0.25, -0.2) is 4.79 Å². The van der Waals surface area contributed by atoms with Crippen molar-refractivity contribution in [3.8, 4) is 11.5 Å². The second kappa shape index (κ2) is 11.2. The number of alkyl halides is 3. The molecule has 2 unspecified atom stereocenters. The topological polar surface area (TPSA) is 111 Å². The van der Waals surface area contributed by atoms with Gasteiger partial charge in [0.15, 0.2) is 0 Å². The van der Waals surface area contributed by atoms with Crippen LogP contribution in [0.3, 0.4) is 0 Å². The van der Waals surface area contributed by atoms with E-state index in [9.17, 15) is 32.9 Å². The van der Waals surface area contributed by atoms with E-state index in [2.05, 4.69) is 10.1 Å². The monoisotopic (exact) mass is 529 g/mol. The average Bonchev–Trinajstić information content (AvgIpc) is 2.89. The van der Waals surface area contributed by atoms with E-state index in [4.69, 9.17) is 4.74 Å². The Morgan fingerprint density at radius 1 is 0.921 bits per heavy atom. The molecule has 0 bridgehead atoms. The summed E-state index contributed by atoms with van der Waals surface area (Å²) < 4.78 is 46.9. The number of rotatable bonds is 6. The number of carbonyl (C=O) groups excluding carboxylic acids is 2. The van der Waals surface area contributed by atoms with E-state index in [1.54, 1.807) is 30.3 Å². The number of benzene rings is 3. The molecule has 1 N–H and O–H groups in total. The van der Waals surface area contributed by atoms with Gasteiger partial charge in [-0.3, -0.25) is 14.9 Å². The molecule has 3 aromatic carbocycles. The van der Waals surface area contributed by atoms with Crippen molar-refractivity contribution in [2.75, 3.05) is 13.1 Å². The van der Waals surface area contributed by atoms with Crippen molar-refractivity contribution < 1.29 is 37.2 Å². The van der Waals surface area contributed by atoms with Crippen LogP contribution in [0.25, 0.3) is 0 Å². The number of non-ortho nitro benzene ring substituents is 1. The van der Waals surface area contributed by atoms with Crippen LogP contribution in [0.15, 0.2) is 78.9 Å². The number of ether oxygens (including phenoxy) is 2. The highest BCUT2D eigenvalue weighted by molar-refractivity contribution is 5.94. The first kappa shape index (κ1) is 26.5. The number of nitrogens with zero attached hydrogens (tertiary/aromatic N) is 2. The standard InChI is InChI=1S/C26H22F3N3O6/c27-26(28,29)38-23-10-6-17(7-11-23)19-14-20(30-24(33)18-4-2-1-3-5-18)16-31(15-19)25(34)37-22-12-8-21(9-13-22)32(35)36/h1-13,19-20H,14-16H2,(H,30,33). The third-order valence-corrected chi connectivity index (χ3v) is 5.92. The van der Waals surface area contributed by atoms with E-state index in [-0.39, 0.29) is 42.1 Å². The summed E-state index contributed by atoms with van der Waals surface area (Å²) in [6.45, 7) is 0.291. The number of hydrogen-bond acceptors (Lipinski definition) is 6. The molecule has 1 fully saturated rings. The molecule has 1 saturated heterocycles. The number of carbonyl (C=O) groups is 2. The molecular formula is C26H22F3N3O6. The summed E-state index contributed by atoms with van der Waals surface area (Å²) >= 11 is 0. The molecule has 2 atom stereocenters. The first-order valence-corrected chi connectivity index (χ1v) is 11.5. The molecule has 38 heavy (non-hydrogen) atoms. The Balaban J connectivity index is 1.52. The molecule has 0 saturated carbocycles. The zero-order valence-electron chi connectivity index (χ0n) is 19.8. The Morgan fingerprint density at radius 2 is 1.55 bits per heavy atom. The number of hydrogen-bond donors (Lipinski definition) is 1. The van der Waals surface area contributed by atoms with Crippen LogP contribution in [0.2, 0.25) is 0 Å². The molecule has 1 aliphatic heterocycles. The van der Waals surface area contributed by atoms with Crippen molar-refractivity contribution in [3.63, 3.8) is 0 Å². The maximum atomic E-state index is 13.0. The van der Waals surface area contributed by atoms with Gasteiger partial charge in [0.25, 0.3) is 11.6 Å². The van der Waals surface area contributed by atoms with Crippen molar-refractivity contribution in [1.82, 2.24) is 10.2 Å². The van der Waals surface area contributed by atoms with Crippen LogP contribution in [-0.2, 0) is 0 Å². The highest BCUT2D eigenvalue weighted by atomic mass is 19.4. The van der Waals surface area contributed by atoms with Crippen molar-refractivity contribution in [2.24, 2.45) is 0 Å². The van der Waals surface area contributed by atoms with Gasteiger partial charge in [0.2, 0.25) is 0 Å². The van der Waals surface area contributed by atoms with Gasteiger partial charge in [-0.2, -0.15) is 0 Å². The second-order valence-corrected chi connectivity index (χ2v) is 8.61. The predicted molar refractivity (Wildman–Crippen MR) is 129 cm³/mol. The lowest BCUT2D eigenvalue weighted by molar-refractivity contribution is -0.384. The van der Waals surface area contributed by atoms with Gasteiger partial charge in [-0.1, -0.05) is 30.3 Å². The molecular weight excluding hydrogens is 507 g/mol. The lowest BCUT2D eigenvalue weighted by atomic mass is 9.88. The molecule has 12 heteroatoms. The zero-order valence-corrected chi connectivity index (χ0v) is 19.8. The molecule has 0 aromatic heterocycles. The summed E-state index contributed by atoms with van der Waals surface area (Å²) in [6.07, 6.45) is -5.14. The number of nitrogens with one attached hydrogen (secondary N) is 1. The molecule has 1 aliphatic rings. The van der Waals surface area contributed by atoms with Gasteiger partial charge in [0.05, 0.1) is 4.92 Å². The van der Waals surface area contributed by atoms with Crippen LogP contribution in [0.4, 0.5) is 23.7 Å². The highest BCUT2D eigenvalue weighted by Crippen LogP contribution is 2.31. The number of nitro benzene ring substituents is 1. The van der Waals surface area contributed by atoms with E-state index >= 15 is 0 Å². The fourth-order valence-electron chi connectivity index (χ4n) is 4.20. The fraction of sp³-hybridized carbons (Fsp3) is 0.231.